The Morgan fingerprint density at radius 1 is 1.28 bits per heavy atom. The third-order valence-electron chi connectivity index (χ3n) is 3.38. The third-order valence-corrected chi connectivity index (χ3v) is 3.38. The van der Waals surface area contributed by atoms with Crippen LogP contribution in [0.25, 0.3) is 0 Å². The molecule has 18 heavy (non-hydrogen) atoms. The van der Waals surface area contributed by atoms with Crippen LogP contribution >= 0.6 is 0 Å². The average Bonchev–Trinajstić information content (AvgIpc) is 2.33. The molecule has 0 spiro atoms. The van der Waals surface area contributed by atoms with E-state index in [2.05, 4.69) is 13.8 Å². The molecule has 0 aliphatic carbocycles. The largest absolute Gasteiger partial charge is 0.329 e. The van der Waals surface area contributed by atoms with E-state index in [1.165, 1.54) is 18.2 Å². The van der Waals surface area contributed by atoms with Gasteiger partial charge in [0.2, 0.25) is 0 Å². The number of nitrogens with zero attached hydrogens (tertiary/aromatic N) is 1. The molecule has 0 fully saturated rings. The van der Waals surface area contributed by atoms with E-state index < -0.39 is 17.7 Å². The van der Waals surface area contributed by atoms with Gasteiger partial charge in [-0.25, -0.2) is 8.78 Å². The van der Waals surface area contributed by atoms with Crippen LogP contribution in [0.3, 0.4) is 0 Å². The SMILES string of the molecule is CCC(C)CN(C)C(CN)c1c(F)cccc1F. The zero-order valence-corrected chi connectivity index (χ0v) is 11.3. The maximum Gasteiger partial charge on any atom is 0.130 e. The lowest BCUT2D eigenvalue weighted by atomic mass is 10.0. The van der Waals surface area contributed by atoms with Crippen LogP contribution in [-0.4, -0.2) is 25.0 Å². The fourth-order valence-corrected chi connectivity index (χ4v) is 2.10. The fraction of sp³-hybridized carbons (Fsp3) is 0.571. The molecular weight excluding hydrogens is 234 g/mol. The van der Waals surface area contributed by atoms with Crippen LogP contribution in [-0.2, 0) is 0 Å². The second-order valence-corrected chi connectivity index (χ2v) is 4.84. The van der Waals surface area contributed by atoms with Crippen molar-refractivity contribution < 1.29 is 8.78 Å². The minimum Gasteiger partial charge on any atom is -0.329 e. The summed E-state index contributed by atoms with van der Waals surface area (Å²) in [6.45, 7) is 5.18. The quantitative estimate of drug-likeness (QED) is 0.848. The van der Waals surface area contributed by atoms with Crippen LogP contribution in [0.2, 0.25) is 0 Å². The number of benzene rings is 1. The minimum atomic E-state index is -0.526. The van der Waals surface area contributed by atoms with Gasteiger partial charge in [-0.15, -0.1) is 0 Å². The number of likely N-dealkylation sites (N-methyl/N-ethyl adjacent to an activating group) is 1. The molecule has 1 aromatic carbocycles. The molecule has 0 bridgehead atoms. The molecule has 0 aliphatic heterocycles. The molecule has 0 aliphatic rings. The Balaban J connectivity index is 2.95. The number of hydrogen-bond acceptors (Lipinski definition) is 2. The molecule has 2 N–H and O–H groups in total. The van der Waals surface area contributed by atoms with E-state index in [9.17, 15) is 8.78 Å². The summed E-state index contributed by atoms with van der Waals surface area (Å²) in [5.74, 6) is -0.582. The summed E-state index contributed by atoms with van der Waals surface area (Å²) in [7, 11) is 1.86. The van der Waals surface area contributed by atoms with E-state index in [0.717, 1.165) is 13.0 Å². The van der Waals surface area contributed by atoms with Crippen molar-refractivity contribution in [3.63, 3.8) is 0 Å². The van der Waals surface area contributed by atoms with Gasteiger partial charge in [0, 0.05) is 18.7 Å². The van der Waals surface area contributed by atoms with Crippen LogP contribution in [0.5, 0.6) is 0 Å². The van der Waals surface area contributed by atoms with E-state index in [4.69, 9.17) is 5.73 Å². The summed E-state index contributed by atoms with van der Waals surface area (Å²) >= 11 is 0. The van der Waals surface area contributed by atoms with Gasteiger partial charge in [-0.3, -0.25) is 4.90 Å². The van der Waals surface area contributed by atoms with Crippen LogP contribution in [0.4, 0.5) is 8.78 Å². The van der Waals surface area contributed by atoms with Crippen molar-refractivity contribution in [3.05, 3.63) is 35.4 Å². The molecule has 0 heterocycles. The first-order valence-electron chi connectivity index (χ1n) is 6.35. The van der Waals surface area contributed by atoms with E-state index in [1.807, 2.05) is 11.9 Å². The number of halogens is 2. The molecule has 0 saturated heterocycles. The normalized spacial score (nSPS) is 14.8. The van der Waals surface area contributed by atoms with Crippen molar-refractivity contribution in [1.82, 2.24) is 4.90 Å². The van der Waals surface area contributed by atoms with E-state index >= 15 is 0 Å². The van der Waals surface area contributed by atoms with Crippen molar-refractivity contribution in [1.29, 1.82) is 0 Å². The Kier molecular flexibility index (Phi) is 5.69. The number of hydrogen-bond donors (Lipinski definition) is 1. The molecule has 0 aromatic heterocycles. The lowest BCUT2D eigenvalue weighted by molar-refractivity contribution is 0.207. The molecule has 0 saturated carbocycles. The Morgan fingerprint density at radius 3 is 2.28 bits per heavy atom. The molecule has 1 rings (SSSR count). The van der Waals surface area contributed by atoms with Gasteiger partial charge in [0.05, 0.1) is 6.04 Å². The topological polar surface area (TPSA) is 29.3 Å². The lowest BCUT2D eigenvalue weighted by Gasteiger charge is -2.29. The maximum atomic E-state index is 13.7. The number of nitrogens with two attached hydrogens (primary N) is 1. The molecule has 0 amide bonds. The van der Waals surface area contributed by atoms with Gasteiger partial charge in [-0.05, 0) is 25.1 Å². The second kappa shape index (κ2) is 6.81. The summed E-state index contributed by atoms with van der Waals surface area (Å²) in [6.07, 6.45) is 1.03. The highest BCUT2D eigenvalue weighted by atomic mass is 19.1. The summed E-state index contributed by atoms with van der Waals surface area (Å²) in [6, 6.07) is 3.51. The Hall–Kier alpha value is -1.00. The second-order valence-electron chi connectivity index (χ2n) is 4.84. The zero-order valence-electron chi connectivity index (χ0n) is 11.3. The van der Waals surface area contributed by atoms with Gasteiger partial charge < -0.3 is 5.73 Å². The van der Waals surface area contributed by atoms with E-state index in [0.29, 0.717) is 5.92 Å². The fourth-order valence-electron chi connectivity index (χ4n) is 2.10. The van der Waals surface area contributed by atoms with E-state index in [1.54, 1.807) is 0 Å². The smallest absolute Gasteiger partial charge is 0.130 e. The van der Waals surface area contributed by atoms with Crippen molar-refractivity contribution in [2.24, 2.45) is 11.7 Å². The van der Waals surface area contributed by atoms with Crippen molar-refractivity contribution in [3.8, 4) is 0 Å². The van der Waals surface area contributed by atoms with E-state index in [-0.39, 0.29) is 12.1 Å². The molecule has 2 atom stereocenters. The van der Waals surface area contributed by atoms with Crippen molar-refractivity contribution >= 4 is 0 Å². The van der Waals surface area contributed by atoms with Crippen molar-refractivity contribution in [2.45, 2.75) is 26.3 Å². The summed E-state index contributed by atoms with van der Waals surface area (Å²) < 4.78 is 27.5. The standard InChI is InChI=1S/C14H22F2N2/c1-4-10(2)9-18(3)13(8-17)14-11(15)6-5-7-12(14)16/h5-7,10,13H,4,8-9,17H2,1-3H3. The van der Waals surface area contributed by atoms with Crippen LogP contribution in [0, 0.1) is 17.6 Å². The molecule has 4 heteroatoms. The van der Waals surface area contributed by atoms with Gasteiger partial charge in [0.15, 0.2) is 0 Å². The average molecular weight is 256 g/mol. The maximum absolute atomic E-state index is 13.7. The van der Waals surface area contributed by atoms with Gasteiger partial charge in [-0.2, -0.15) is 0 Å². The summed E-state index contributed by atoms with van der Waals surface area (Å²) in [5.41, 5.74) is 5.76. The highest BCUT2D eigenvalue weighted by Crippen LogP contribution is 2.25. The van der Waals surface area contributed by atoms with Crippen molar-refractivity contribution in [2.75, 3.05) is 20.1 Å². The molecular formula is C14H22F2N2. The predicted octanol–water partition coefficient (Wildman–Crippen LogP) is 2.94. The highest BCUT2D eigenvalue weighted by molar-refractivity contribution is 5.23. The predicted molar refractivity (Wildman–Crippen MR) is 70.2 cm³/mol. The van der Waals surface area contributed by atoms with Crippen LogP contribution in [0.15, 0.2) is 18.2 Å². The first-order chi connectivity index (χ1) is 8.51. The Morgan fingerprint density at radius 2 is 1.83 bits per heavy atom. The first-order valence-corrected chi connectivity index (χ1v) is 6.35. The summed E-state index contributed by atoms with van der Waals surface area (Å²) in [4.78, 5) is 1.93. The zero-order chi connectivity index (χ0) is 13.7. The Labute approximate surface area is 108 Å². The minimum absolute atomic E-state index is 0.0748. The molecule has 2 unspecified atom stereocenters. The molecule has 102 valence electrons. The molecule has 1 aromatic rings. The monoisotopic (exact) mass is 256 g/mol. The van der Waals surface area contributed by atoms with Gasteiger partial charge in [0.1, 0.15) is 11.6 Å². The lowest BCUT2D eigenvalue weighted by Crippen LogP contribution is -2.34. The third kappa shape index (κ3) is 3.50. The summed E-state index contributed by atoms with van der Waals surface area (Å²) in [5, 5.41) is 0. The molecule has 0 radical (unpaired) electrons. The Bertz CT molecular complexity index is 362. The molecule has 2 nitrogen and oxygen atoms in total. The van der Waals surface area contributed by atoms with Crippen LogP contribution < -0.4 is 5.73 Å². The van der Waals surface area contributed by atoms with Gasteiger partial charge >= 0.3 is 0 Å². The van der Waals surface area contributed by atoms with Gasteiger partial charge in [-0.1, -0.05) is 26.3 Å². The first kappa shape index (κ1) is 15.1. The van der Waals surface area contributed by atoms with Crippen LogP contribution in [0.1, 0.15) is 31.9 Å². The highest BCUT2D eigenvalue weighted by Gasteiger charge is 2.23. The van der Waals surface area contributed by atoms with Gasteiger partial charge in [0.25, 0.3) is 0 Å². The number of rotatable bonds is 6.